The molecule has 0 amide bonds. The molecule has 0 saturated heterocycles. The van der Waals surface area contributed by atoms with E-state index in [0.29, 0.717) is 0 Å². The summed E-state index contributed by atoms with van der Waals surface area (Å²) in [6.07, 6.45) is 2.37. The summed E-state index contributed by atoms with van der Waals surface area (Å²) >= 11 is 0. The maximum Gasteiger partial charge on any atom is 0.0549 e. The number of rotatable bonds is 2. The second-order valence-corrected chi connectivity index (χ2v) is 16.4. The van der Waals surface area contributed by atoms with Crippen molar-refractivity contribution in [2.24, 2.45) is 0 Å². The highest BCUT2D eigenvalue weighted by Gasteiger charge is 2.38. The SMILES string of the molecule is CC1(C)CCC(C)(C)c2cc3c(cc21)c1cc2c(cc1n3-c1cc3ccccc3c3ccccc13)c1c3ccccc3ccc1n2-c1ccccc1. The summed E-state index contributed by atoms with van der Waals surface area (Å²) in [6, 6.07) is 54.8. The number of hydrogen-bond donors (Lipinski definition) is 0. The molecule has 2 nitrogen and oxygen atoms in total. The van der Waals surface area contributed by atoms with Crippen LogP contribution in [0.25, 0.3) is 87.3 Å². The van der Waals surface area contributed by atoms with E-state index in [4.69, 9.17) is 0 Å². The fourth-order valence-corrected chi connectivity index (χ4v) is 9.69. The van der Waals surface area contributed by atoms with Gasteiger partial charge in [0.2, 0.25) is 0 Å². The molecule has 11 rings (SSSR count). The minimum absolute atomic E-state index is 0.0928. The highest BCUT2D eigenvalue weighted by Crippen LogP contribution is 2.50. The first kappa shape index (κ1) is 29.8. The molecule has 0 aliphatic heterocycles. The van der Waals surface area contributed by atoms with Crippen LogP contribution in [0.1, 0.15) is 51.7 Å². The molecule has 1 aliphatic carbocycles. The molecule has 0 bridgehead atoms. The van der Waals surface area contributed by atoms with E-state index in [1.165, 1.54) is 111 Å². The van der Waals surface area contributed by atoms with Crippen LogP contribution in [0.15, 0.2) is 146 Å². The molecule has 52 heavy (non-hydrogen) atoms. The van der Waals surface area contributed by atoms with Gasteiger partial charge in [-0.3, -0.25) is 0 Å². The van der Waals surface area contributed by atoms with Gasteiger partial charge in [-0.05, 0) is 110 Å². The van der Waals surface area contributed by atoms with Crippen molar-refractivity contribution in [3.05, 3.63) is 157 Å². The van der Waals surface area contributed by atoms with Crippen molar-refractivity contribution in [1.82, 2.24) is 9.13 Å². The molecule has 10 aromatic rings. The molecule has 2 heterocycles. The van der Waals surface area contributed by atoms with E-state index in [1.807, 2.05) is 0 Å². The highest BCUT2D eigenvalue weighted by atomic mass is 15.0. The maximum absolute atomic E-state index is 2.60. The van der Waals surface area contributed by atoms with Gasteiger partial charge in [-0.15, -0.1) is 0 Å². The van der Waals surface area contributed by atoms with Crippen molar-refractivity contribution in [1.29, 1.82) is 0 Å². The Kier molecular flexibility index (Phi) is 5.94. The van der Waals surface area contributed by atoms with Crippen molar-refractivity contribution in [2.75, 3.05) is 0 Å². The fraction of sp³-hybridized carbons (Fsp3) is 0.160. The number of para-hydroxylation sites is 1. The lowest BCUT2D eigenvalue weighted by molar-refractivity contribution is 0.332. The summed E-state index contributed by atoms with van der Waals surface area (Å²) in [5.41, 5.74) is 10.6. The summed E-state index contributed by atoms with van der Waals surface area (Å²) in [6.45, 7) is 9.78. The Morgan fingerprint density at radius 1 is 0.385 bits per heavy atom. The van der Waals surface area contributed by atoms with E-state index in [1.54, 1.807) is 0 Å². The Morgan fingerprint density at radius 2 is 0.942 bits per heavy atom. The average Bonchev–Trinajstić information content (AvgIpc) is 3.67. The maximum atomic E-state index is 2.60. The summed E-state index contributed by atoms with van der Waals surface area (Å²) in [4.78, 5) is 0. The Balaban J connectivity index is 1.39. The minimum atomic E-state index is 0.0928. The van der Waals surface area contributed by atoms with Crippen LogP contribution in [0.3, 0.4) is 0 Å². The van der Waals surface area contributed by atoms with Crippen molar-refractivity contribution in [3.8, 4) is 11.4 Å². The van der Waals surface area contributed by atoms with Crippen LogP contribution in [0.2, 0.25) is 0 Å². The van der Waals surface area contributed by atoms with E-state index in [2.05, 4.69) is 182 Å². The van der Waals surface area contributed by atoms with Gasteiger partial charge in [-0.25, -0.2) is 0 Å². The smallest absolute Gasteiger partial charge is 0.0549 e. The number of hydrogen-bond acceptors (Lipinski definition) is 0. The lowest BCUT2D eigenvalue weighted by atomic mass is 9.63. The largest absolute Gasteiger partial charge is 0.309 e. The molecule has 1 aliphatic rings. The molecule has 0 saturated carbocycles. The first-order valence-electron chi connectivity index (χ1n) is 18.7. The molecule has 0 fully saturated rings. The van der Waals surface area contributed by atoms with Crippen molar-refractivity contribution in [2.45, 2.75) is 51.4 Å². The third-order valence-corrected chi connectivity index (χ3v) is 12.5. The second-order valence-electron chi connectivity index (χ2n) is 16.4. The van der Waals surface area contributed by atoms with Gasteiger partial charge in [-0.1, -0.05) is 125 Å². The van der Waals surface area contributed by atoms with Crippen LogP contribution >= 0.6 is 0 Å². The molecule has 2 heteroatoms. The molecule has 0 atom stereocenters. The van der Waals surface area contributed by atoms with Gasteiger partial charge >= 0.3 is 0 Å². The quantitative estimate of drug-likeness (QED) is 0.162. The topological polar surface area (TPSA) is 9.86 Å². The van der Waals surface area contributed by atoms with Crippen LogP contribution in [0.4, 0.5) is 0 Å². The van der Waals surface area contributed by atoms with Gasteiger partial charge in [0.15, 0.2) is 0 Å². The van der Waals surface area contributed by atoms with Gasteiger partial charge in [0, 0.05) is 32.6 Å². The van der Waals surface area contributed by atoms with E-state index in [-0.39, 0.29) is 10.8 Å². The first-order valence-corrected chi connectivity index (χ1v) is 18.7. The van der Waals surface area contributed by atoms with Gasteiger partial charge in [0.05, 0.1) is 27.8 Å². The molecule has 0 N–H and O–H groups in total. The van der Waals surface area contributed by atoms with Crippen LogP contribution in [0.5, 0.6) is 0 Å². The molecule has 250 valence electrons. The molecule has 8 aromatic carbocycles. The van der Waals surface area contributed by atoms with E-state index in [0.717, 1.165) is 0 Å². The molecule has 0 radical (unpaired) electrons. The molecule has 0 spiro atoms. The standard InChI is InChI=1S/C50H40N2/c1-49(2)24-25-50(3,4)42-30-47-38(27-41(42)49)39-28-46-40(48-35-19-11-8-14-31(35)22-23-43(48)51(46)33-16-6-5-7-17-33)29-45(39)52(47)44-26-32-15-9-10-18-34(32)36-20-12-13-21-37(36)44/h5-23,26-30H,24-25H2,1-4H3. The van der Waals surface area contributed by atoms with Crippen LogP contribution < -0.4 is 0 Å². The van der Waals surface area contributed by atoms with Crippen LogP contribution in [0, 0.1) is 0 Å². The lowest BCUT2D eigenvalue weighted by Gasteiger charge is -2.42. The summed E-state index contributed by atoms with van der Waals surface area (Å²) in [7, 11) is 0. The zero-order chi connectivity index (χ0) is 34.9. The molecular formula is C50H40N2. The Bertz CT molecular complexity index is 3110. The van der Waals surface area contributed by atoms with E-state index < -0.39 is 0 Å². The summed E-state index contributed by atoms with van der Waals surface area (Å²) in [5, 5.41) is 12.9. The number of fused-ring (bicyclic) bond motifs is 12. The summed E-state index contributed by atoms with van der Waals surface area (Å²) < 4.78 is 5.09. The zero-order valence-corrected chi connectivity index (χ0v) is 30.2. The Labute approximate surface area is 303 Å². The average molecular weight is 669 g/mol. The molecule has 0 unspecified atom stereocenters. The number of nitrogens with zero attached hydrogens (tertiary/aromatic N) is 2. The van der Waals surface area contributed by atoms with Crippen molar-refractivity contribution >= 4 is 75.9 Å². The highest BCUT2D eigenvalue weighted by molar-refractivity contribution is 6.25. The van der Waals surface area contributed by atoms with Gasteiger partial charge < -0.3 is 9.13 Å². The van der Waals surface area contributed by atoms with Gasteiger partial charge in [0.1, 0.15) is 0 Å². The van der Waals surface area contributed by atoms with Crippen molar-refractivity contribution < 1.29 is 0 Å². The van der Waals surface area contributed by atoms with Gasteiger partial charge in [0.25, 0.3) is 0 Å². The van der Waals surface area contributed by atoms with E-state index >= 15 is 0 Å². The second kappa shape index (κ2) is 10.4. The van der Waals surface area contributed by atoms with Crippen LogP contribution in [-0.2, 0) is 10.8 Å². The van der Waals surface area contributed by atoms with Gasteiger partial charge in [-0.2, -0.15) is 0 Å². The van der Waals surface area contributed by atoms with E-state index in [9.17, 15) is 0 Å². The molecular weight excluding hydrogens is 629 g/mol. The summed E-state index contributed by atoms with van der Waals surface area (Å²) in [5.74, 6) is 0. The third-order valence-electron chi connectivity index (χ3n) is 12.5. The Morgan fingerprint density at radius 3 is 1.71 bits per heavy atom. The lowest BCUT2D eigenvalue weighted by Crippen LogP contribution is -2.33. The number of aromatic nitrogens is 2. The number of benzene rings is 8. The van der Waals surface area contributed by atoms with Crippen LogP contribution in [-0.4, -0.2) is 9.13 Å². The predicted molar refractivity (Wildman–Crippen MR) is 223 cm³/mol. The third kappa shape index (κ3) is 4.01. The Hall–Kier alpha value is -5.86. The normalized spacial score (nSPS) is 15.5. The van der Waals surface area contributed by atoms with Crippen molar-refractivity contribution in [3.63, 3.8) is 0 Å². The monoisotopic (exact) mass is 668 g/mol. The minimum Gasteiger partial charge on any atom is -0.309 e. The molecule has 2 aromatic heterocycles. The zero-order valence-electron chi connectivity index (χ0n) is 30.2. The fourth-order valence-electron chi connectivity index (χ4n) is 9.69. The predicted octanol–water partition coefficient (Wildman–Crippen LogP) is 13.7. The first-order chi connectivity index (χ1) is 25.3.